The number of nitrogens with one attached hydrogen (secondary N) is 1. The van der Waals surface area contributed by atoms with Crippen molar-refractivity contribution in [3.63, 3.8) is 0 Å². The van der Waals surface area contributed by atoms with Gasteiger partial charge in [-0.05, 0) is 80.8 Å². The van der Waals surface area contributed by atoms with Crippen molar-refractivity contribution >= 4 is 51.4 Å². The number of aliphatic imine (C=N–C) groups is 1. The zero-order valence-corrected chi connectivity index (χ0v) is 21.7. The van der Waals surface area contributed by atoms with Crippen molar-refractivity contribution in [3.8, 4) is 5.69 Å². The van der Waals surface area contributed by atoms with Crippen molar-refractivity contribution in [1.29, 1.82) is 5.41 Å². The maximum absolute atomic E-state index is 12.8. The van der Waals surface area contributed by atoms with Crippen LogP contribution in [0.1, 0.15) is 68.0 Å². The van der Waals surface area contributed by atoms with Gasteiger partial charge >= 0.3 is 0 Å². The molecule has 34 heavy (non-hydrogen) atoms. The predicted octanol–water partition coefficient (Wildman–Crippen LogP) is 7.04. The van der Waals surface area contributed by atoms with Gasteiger partial charge in [0.2, 0.25) is 5.17 Å². The highest BCUT2D eigenvalue weighted by molar-refractivity contribution is 8.26. The molecule has 1 N–H and O–H groups in total. The van der Waals surface area contributed by atoms with Crippen LogP contribution in [-0.4, -0.2) is 31.5 Å². The quantitative estimate of drug-likeness (QED) is 0.315. The number of benzene rings is 1. The Kier molecular flexibility index (Phi) is 7.43. The lowest BCUT2D eigenvalue weighted by atomic mass is 10.1. The van der Waals surface area contributed by atoms with E-state index in [-0.39, 0.29) is 11.4 Å². The second-order valence-corrected chi connectivity index (χ2v) is 10.2. The lowest BCUT2D eigenvalue weighted by molar-refractivity contribution is -0.114. The molecule has 2 aromatic rings. The number of thioether (sulfide) groups is 1. The fraction of sp³-hybridized carbons (Fsp3) is 0.385. The molecular formula is C26H30ClN5OS. The van der Waals surface area contributed by atoms with E-state index in [1.54, 1.807) is 6.08 Å². The van der Waals surface area contributed by atoms with Crippen molar-refractivity contribution < 1.29 is 4.79 Å². The van der Waals surface area contributed by atoms with Crippen LogP contribution in [-0.2, 0) is 4.79 Å². The number of amidine groups is 2. The summed E-state index contributed by atoms with van der Waals surface area (Å²) in [4.78, 5) is 17.1. The predicted molar refractivity (Wildman–Crippen MR) is 143 cm³/mol. The fourth-order valence-electron chi connectivity index (χ4n) is 4.22. The molecular weight excluding hydrogens is 466 g/mol. The van der Waals surface area contributed by atoms with Gasteiger partial charge in [-0.2, -0.15) is 15.1 Å². The molecule has 1 aromatic carbocycles. The Hall–Kier alpha value is -2.64. The van der Waals surface area contributed by atoms with Crippen molar-refractivity contribution in [1.82, 2.24) is 9.58 Å². The van der Waals surface area contributed by atoms with Gasteiger partial charge in [0.05, 0.1) is 5.57 Å². The van der Waals surface area contributed by atoms with E-state index in [9.17, 15) is 4.79 Å². The summed E-state index contributed by atoms with van der Waals surface area (Å²) < 4.78 is 2.10. The molecule has 0 bridgehead atoms. The zero-order valence-electron chi connectivity index (χ0n) is 20.1. The minimum atomic E-state index is -0.397. The molecule has 0 fully saturated rings. The molecule has 0 saturated heterocycles. The van der Waals surface area contributed by atoms with Crippen LogP contribution in [0.15, 0.2) is 39.9 Å². The van der Waals surface area contributed by atoms with Gasteiger partial charge in [0.25, 0.3) is 5.91 Å². The number of hydrazone groups is 1. The number of carbonyl (C=O) groups excluding carboxylic acids is 1. The third-order valence-electron chi connectivity index (χ3n) is 6.17. The molecule has 0 unspecified atom stereocenters. The monoisotopic (exact) mass is 495 g/mol. The fourth-order valence-corrected chi connectivity index (χ4v) is 5.32. The summed E-state index contributed by atoms with van der Waals surface area (Å²) in [6.07, 6.45) is 8.54. The molecule has 0 atom stereocenters. The van der Waals surface area contributed by atoms with Crippen LogP contribution >= 0.6 is 23.4 Å². The van der Waals surface area contributed by atoms with Gasteiger partial charge in [-0.1, -0.05) is 50.3 Å². The number of hydrogen-bond acceptors (Lipinski definition) is 4. The number of fused-ring (bicyclic) bond motifs is 1. The van der Waals surface area contributed by atoms with Gasteiger partial charge in [0.1, 0.15) is 5.04 Å². The first-order valence-electron chi connectivity index (χ1n) is 11.7. The van der Waals surface area contributed by atoms with Crippen LogP contribution in [0, 0.1) is 26.2 Å². The summed E-state index contributed by atoms with van der Waals surface area (Å²) in [5.41, 5.74) is 5.09. The highest BCUT2D eigenvalue weighted by atomic mass is 35.5. The Labute approximate surface area is 210 Å². The summed E-state index contributed by atoms with van der Waals surface area (Å²) >= 11 is 7.76. The van der Waals surface area contributed by atoms with E-state index in [2.05, 4.69) is 21.6 Å². The molecule has 0 saturated carbocycles. The van der Waals surface area contributed by atoms with E-state index in [0.29, 0.717) is 10.2 Å². The smallest absolute Gasteiger partial charge is 0.283 e. The normalized spacial score (nSPS) is 16.9. The van der Waals surface area contributed by atoms with E-state index in [0.717, 1.165) is 46.1 Å². The van der Waals surface area contributed by atoms with Gasteiger partial charge in [-0.3, -0.25) is 10.2 Å². The summed E-state index contributed by atoms with van der Waals surface area (Å²) in [6.45, 7) is 8.19. The van der Waals surface area contributed by atoms with E-state index in [1.807, 2.05) is 45.0 Å². The molecule has 0 aliphatic carbocycles. The average molecular weight is 496 g/mol. The number of aromatic nitrogens is 1. The van der Waals surface area contributed by atoms with Crippen molar-refractivity contribution in [2.24, 2.45) is 10.1 Å². The molecule has 1 aromatic heterocycles. The lowest BCUT2D eigenvalue weighted by Crippen LogP contribution is -2.35. The number of halogens is 1. The van der Waals surface area contributed by atoms with Crippen molar-refractivity contribution in [3.05, 3.63) is 57.4 Å². The van der Waals surface area contributed by atoms with Crippen LogP contribution < -0.4 is 0 Å². The first kappa shape index (κ1) is 24.5. The minimum absolute atomic E-state index is 0.0756. The van der Waals surface area contributed by atoms with Crippen molar-refractivity contribution in [2.45, 2.75) is 66.2 Å². The van der Waals surface area contributed by atoms with Gasteiger partial charge in [-0.25, -0.2) is 0 Å². The molecule has 0 radical (unpaired) electrons. The highest BCUT2D eigenvalue weighted by Crippen LogP contribution is 2.31. The van der Waals surface area contributed by atoms with E-state index in [4.69, 9.17) is 17.0 Å². The SMILES string of the molecule is CCCCCCCC1=NN2C(=N)C(=Cc3cc(C)n(-c4ccc(C)c(Cl)c4)c3C)C(=O)N=C2S1. The molecule has 2 aliphatic rings. The summed E-state index contributed by atoms with van der Waals surface area (Å²) in [5.74, 6) is -0.321. The van der Waals surface area contributed by atoms with E-state index in [1.165, 1.54) is 42.5 Å². The Morgan fingerprint density at radius 1 is 1.12 bits per heavy atom. The summed E-state index contributed by atoms with van der Waals surface area (Å²) in [6, 6.07) is 7.98. The summed E-state index contributed by atoms with van der Waals surface area (Å²) in [5, 5.41) is 16.9. The number of hydrogen-bond donors (Lipinski definition) is 1. The van der Waals surface area contributed by atoms with Crippen LogP contribution in [0.5, 0.6) is 0 Å². The zero-order chi connectivity index (χ0) is 24.4. The van der Waals surface area contributed by atoms with Gasteiger partial charge in [0.15, 0.2) is 5.84 Å². The second kappa shape index (κ2) is 10.3. The lowest BCUT2D eigenvalue weighted by Gasteiger charge is -2.20. The molecule has 3 heterocycles. The van der Waals surface area contributed by atoms with Gasteiger partial charge < -0.3 is 4.57 Å². The molecule has 1 amide bonds. The third-order valence-corrected chi connectivity index (χ3v) is 7.55. The van der Waals surface area contributed by atoms with Crippen LogP contribution in [0.2, 0.25) is 5.02 Å². The highest BCUT2D eigenvalue weighted by Gasteiger charge is 2.35. The number of rotatable bonds is 8. The first-order valence-corrected chi connectivity index (χ1v) is 12.9. The van der Waals surface area contributed by atoms with Crippen molar-refractivity contribution in [2.75, 3.05) is 0 Å². The van der Waals surface area contributed by atoms with Gasteiger partial charge in [-0.15, -0.1) is 0 Å². The second-order valence-electron chi connectivity index (χ2n) is 8.77. The molecule has 8 heteroatoms. The Morgan fingerprint density at radius 3 is 2.62 bits per heavy atom. The van der Waals surface area contributed by atoms with E-state index < -0.39 is 5.91 Å². The molecule has 4 rings (SSSR count). The number of aryl methyl sites for hydroxylation is 2. The number of unbranched alkanes of at least 4 members (excludes halogenated alkanes) is 4. The number of nitrogens with zero attached hydrogens (tertiary/aromatic N) is 4. The minimum Gasteiger partial charge on any atom is -0.318 e. The van der Waals surface area contributed by atoms with Gasteiger partial charge in [0, 0.05) is 22.1 Å². The topological polar surface area (TPSA) is 73.8 Å². The Bertz CT molecular complexity index is 1240. The molecule has 6 nitrogen and oxygen atoms in total. The maximum Gasteiger partial charge on any atom is 0.283 e. The molecule has 178 valence electrons. The number of carbonyl (C=O) groups is 1. The molecule has 0 spiro atoms. The van der Waals surface area contributed by atoms with Crippen LogP contribution in [0.4, 0.5) is 0 Å². The maximum atomic E-state index is 12.8. The standard InChI is InChI=1S/C26H30ClN5OS/c1-5-6-7-8-9-10-23-30-32-24(28)21(25(33)29-26(32)34-23)14-19-13-17(3)31(18(19)4)20-12-11-16(2)22(27)15-20/h11-15,28H,5-10H2,1-4H3. The number of amides is 1. The Balaban J connectivity index is 1.57. The van der Waals surface area contributed by atoms with Crippen LogP contribution in [0.25, 0.3) is 11.8 Å². The average Bonchev–Trinajstić information content (AvgIpc) is 3.33. The Morgan fingerprint density at radius 2 is 1.88 bits per heavy atom. The molecule has 2 aliphatic heterocycles. The summed E-state index contributed by atoms with van der Waals surface area (Å²) in [7, 11) is 0. The third kappa shape index (κ3) is 4.91. The van der Waals surface area contributed by atoms with E-state index >= 15 is 0 Å². The van der Waals surface area contributed by atoms with Crippen LogP contribution in [0.3, 0.4) is 0 Å². The largest absolute Gasteiger partial charge is 0.318 e. The first-order chi connectivity index (χ1) is 16.3.